The number of hydrogen-bond acceptors (Lipinski definition) is 4. The van der Waals surface area contributed by atoms with Gasteiger partial charge in [0, 0.05) is 13.0 Å². The first-order valence-corrected chi connectivity index (χ1v) is 7.27. The molecule has 7 heteroatoms. The maximum absolute atomic E-state index is 12.4. The number of nitrogens with one attached hydrogen (secondary N) is 1. The van der Waals surface area contributed by atoms with E-state index in [0.29, 0.717) is 25.3 Å². The zero-order valence-electron chi connectivity index (χ0n) is 12.1. The Bertz CT molecular complexity index is 601. The maximum Gasteiger partial charge on any atom is 0.324 e. The number of ether oxygens (including phenoxy) is 1. The number of benzene rings is 1. The van der Waals surface area contributed by atoms with Gasteiger partial charge in [-0.25, -0.2) is 4.79 Å². The number of hydrogen-bond donors (Lipinski definition) is 1. The van der Waals surface area contributed by atoms with Crippen molar-refractivity contribution in [1.29, 1.82) is 0 Å². The Morgan fingerprint density at radius 3 is 2.86 bits per heavy atom. The highest BCUT2D eigenvalue weighted by Crippen LogP contribution is 2.31. The smallest absolute Gasteiger partial charge is 0.324 e. The van der Waals surface area contributed by atoms with Crippen molar-refractivity contribution in [2.75, 3.05) is 31.1 Å². The van der Waals surface area contributed by atoms with Crippen molar-refractivity contribution in [3.8, 4) is 5.75 Å². The van der Waals surface area contributed by atoms with Gasteiger partial charge in [0.25, 0.3) is 0 Å². The van der Waals surface area contributed by atoms with Crippen LogP contribution in [0.3, 0.4) is 0 Å². The van der Waals surface area contributed by atoms with E-state index in [0.717, 1.165) is 10.6 Å². The summed E-state index contributed by atoms with van der Waals surface area (Å²) in [7, 11) is 0. The molecule has 1 fully saturated rings. The number of para-hydroxylation sites is 2. The van der Waals surface area contributed by atoms with Gasteiger partial charge in [0.05, 0.1) is 18.8 Å². The van der Waals surface area contributed by atoms with Crippen LogP contribution in [-0.4, -0.2) is 49.0 Å². The van der Waals surface area contributed by atoms with Crippen LogP contribution < -0.4 is 15.0 Å². The molecule has 1 aromatic carbocycles. The topological polar surface area (TPSA) is 79.0 Å². The van der Waals surface area contributed by atoms with Crippen molar-refractivity contribution in [1.82, 2.24) is 10.2 Å². The maximum atomic E-state index is 12.4. The predicted octanol–water partition coefficient (Wildman–Crippen LogP) is 0.744. The minimum Gasteiger partial charge on any atom is -0.490 e. The van der Waals surface area contributed by atoms with Crippen molar-refractivity contribution in [3.63, 3.8) is 0 Å². The molecule has 0 unspecified atom stereocenters. The van der Waals surface area contributed by atoms with Crippen LogP contribution in [0.1, 0.15) is 12.8 Å². The van der Waals surface area contributed by atoms with Gasteiger partial charge in [-0.1, -0.05) is 12.1 Å². The lowest BCUT2D eigenvalue weighted by atomic mass is 10.2. The molecule has 0 aromatic heterocycles. The standard InChI is InChI=1S/C15H17N3O4/c19-13(6-3-7-18-14(20)10-16-15(18)21)17-8-9-22-12-5-2-1-4-11(12)17/h1-2,4-5H,3,6-10H2,(H,16,21). The van der Waals surface area contributed by atoms with E-state index in [2.05, 4.69) is 5.32 Å². The lowest BCUT2D eigenvalue weighted by Crippen LogP contribution is -2.38. The molecule has 2 heterocycles. The van der Waals surface area contributed by atoms with Gasteiger partial charge in [-0.3, -0.25) is 14.5 Å². The monoisotopic (exact) mass is 303 g/mol. The number of carbonyl (C=O) groups excluding carboxylic acids is 3. The Kier molecular flexibility index (Phi) is 3.95. The van der Waals surface area contributed by atoms with Gasteiger partial charge in [0.15, 0.2) is 0 Å². The number of nitrogens with zero attached hydrogens (tertiary/aromatic N) is 2. The molecule has 1 saturated heterocycles. The third-order valence-electron chi connectivity index (χ3n) is 3.74. The van der Waals surface area contributed by atoms with E-state index in [4.69, 9.17) is 4.74 Å². The third-order valence-corrected chi connectivity index (χ3v) is 3.74. The zero-order chi connectivity index (χ0) is 15.5. The van der Waals surface area contributed by atoms with E-state index < -0.39 is 0 Å². The highest BCUT2D eigenvalue weighted by atomic mass is 16.5. The van der Waals surface area contributed by atoms with E-state index in [9.17, 15) is 14.4 Å². The molecular formula is C15H17N3O4. The van der Waals surface area contributed by atoms with E-state index >= 15 is 0 Å². The van der Waals surface area contributed by atoms with Crippen molar-refractivity contribution < 1.29 is 19.1 Å². The summed E-state index contributed by atoms with van der Waals surface area (Å²) in [5.41, 5.74) is 0.772. The van der Waals surface area contributed by atoms with Crippen LogP contribution in [0.2, 0.25) is 0 Å². The van der Waals surface area contributed by atoms with Gasteiger partial charge in [-0.05, 0) is 18.6 Å². The van der Waals surface area contributed by atoms with Gasteiger partial charge < -0.3 is 15.0 Å². The Hall–Kier alpha value is -2.57. The molecule has 1 aromatic rings. The second-order valence-electron chi connectivity index (χ2n) is 5.17. The van der Waals surface area contributed by atoms with Crippen LogP contribution in [0, 0.1) is 0 Å². The van der Waals surface area contributed by atoms with Gasteiger partial charge >= 0.3 is 6.03 Å². The molecule has 116 valence electrons. The first kappa shape index (κ1) is 14.4. The fourth-order valence-electron chi connectivity index (χ4n) is 2.63. The average Bonchev–Trinajstić information content (AvgIpc) is 2.86. The van der Waals surface area contributed by atoms with E-state index in [-0.39, 0.29) is 37.4 Å². The van der Waals surface area contributed by atoms with Crippen LogP contribution in [0.15, 0.2) is 24.3 Å². The fourth-order valence-corrected chi connectivity index (χ4v) is 2.63. The van der Waals surface area contributed by atoms with Crippen LogP contribution in [-0.2, 0) is 9.59 Å². The number of amides is 4. The minimum atomic E-state index is -0.380. The Morgan fingerprint density at radius 2 is 2.09 bits per heavy atom. The SMILES string of the molecule is O=C1CNC(=O)N1CCCC(=O)N1CCOc2ccccc21. The van der Waals surface area contributed by atoms with E-state index in [1.165, 1.54) is 0 Å². The zero-order valence-corrected chi connectivity index (χ0v) is 12.1. The molecule has 1 N–H and O–H groups in total. The summed E-state index contributed by atoms with van der Waals surface area (Å²) >= 11 is 0. The molecule has 3 rings (SSSR count). The second-order valence-corrected chi connectivity index (χ2v) is 5.17. The average molecular weight is 303 g/mol. The minimum absolute atomic E-state index is 0.0252. The molecule has 0 spiro atoms. The molecule has 7 nitrogen and oxygen atoms in total. The number of anilines is 1. The summed E-state index contributed by atoms with van der Waals surface area (Å²) in [5.74, 6) is 0.438. The molecule has 2 aliphatic rings. The molecule has 0 aliphatic carbocycles. The Balaban J connectivity index is 1.57. The van der Waals surface area contributed by atoms with Crippen molar-refractivity contribution in [2.24, 2.45) is 0 Å². The summed E-state index contributed by atoms with van der Waals surface area (Å²) in [6.07, 6.45) is 0.739. The molecule has 2 aliphatic heterocycles. The highest BCUT2D eigenvalue weighted by Gasteiger charge is 2.28. The second kappa shape index (κ2) is 6.05. The predicted molar refractivity (Wildman–Crippen MR) is 78.6 cm³/mol. The molecule has 22 heavy (non-hydrogen) atoms. The van der Waals surface area contributed by atoms with Crippen molar-refractivity contribution >= 4 is 23.5 Å². The number of rotatable bonds is 4. The van der Waals surface area contributed by atoms with Gasteiger partial charge in [0.1, 0.15) is 12.4 Å². The van der Waals surface area contributed by atoms with Crippen molar-refractivity contribution in [2.45, 2.75) is 12.8 Å². The number of urea groups is 1. The summed E-state index contributed by atoms with van der Waals surface area (Å²) in [6, 6.07) is 7.03. The molecule has 0 radical (unpaired) electrons. The fraction of sp³-hybridized carbons (Fsp3) is 0.400. The first-order chi connectivity index (χ1) is 10.7. The third kappa shape index (κ3) is 2.74. The number of carbonyl (C=O) groups is 3. The lowest BCUT2D eigenvalue weighted by Gasteiger charge is -2.29. The van der Waals surface area contributed by atoms with Crippen LogP contribution >= 0.6 is 0 Å². The summed E-state index contributed by atoms with van der Waals surface area (Å²) in [6.45, 7) is 1.29. The van der Waals surface area contributed by atoms with Crippen LogP contribution in [0.5, 0.6) is 5.75 Å². The number of fused-ring (bicyclic) bond motifs is 1. The summed E-state index contributed by atoms with van der Waals surface area (Å²) in [4.78, 5) is 38.1. The van der Waals surface area contributed by atoms with Crippen LogP contribution in [0.25, 0.3) is 0 Å². The highest BCUT2D eigenvalue weighted by molar-refractivity contribution is 6.02. The molecular weight excluding hydrogens is 286 g/mol. The molecule has 0 atom stereocenters. The largest absolute Gasteiger partial charge is 0.490 e. The summed E-state index contributed by atoms with van der Waals surface area (Å²) in [5, 5.41) is 2.46. The molecule has 0 saturated carbocycles. The normalized spacial score (nSPS) is 17.1. The lowest BCUT2D eigenvalue weighted by molar-refractivity contribution is -0.125. The first-order valence-electron chi connectivity index (χ1n) is 7.27. The van der Waals surface area contributed by atoms with E-state index in [1.54, 1.807) is 4.90 Å². The van der Waals surface area contributed by atoms with E-state index in [1.807, 2.05) is 24.3 Å². The van der Waals surface area contributed by atoms with Gasteiger partial charge in [0.2, 0.25) is 11.8 Å². The van der Waals surface area contributed by atoms with Crippen molar-refractivity contribution in [3.05, 3.63) is 24.3 Å². The number of imide groups is 1. The van der Waals surface area contributed by atoms with Gasteiger partial charge in [-0.2, -0.15) is 0 Å². The summed E-state index contributed by atoms with van der Waals surface area (Å²) < 4.78 is 5.52. The quantitative estimate of drug-likeness (QED) is 0.832. The Labute approximate surface area is 127 Å². The molecule has 0 bridgehead atoms. The Morgan fingerprint density at radius 1 is 1.27 bits per heavy atom. The van der Waals surface area contributed by atoms with Crippen LogP contribution in [0.4, 0.5) is 10.5 Å². The molecule has 4 amide bonds. The van der Waals surface area contributed by atoms with Gasteiger partial charge in [-0.15, -0.1) is 0 Å².